The van der Waals surface area contributed by atoms with Crippen molar-refractivity contribution in [1.29, 1.82) is 0 Å². The molecule has 5 heteroatoms. The molecule has 0 saturated carbocycles. The van der Waals surface area contributed by atoms with Gasteiger partial charge in [0.1, 0.15) is 0 Å². The van der Waals surface area contributed by atoms with Crippen LogP contribution in [0.15, 0.2) is 0 Å². The summed E-state index contributed by atoms with van der Waals surface area (Å²) in [6, 6.07) is 0. The number of nitrogens with one attached hydrogen (secondary N) is 1. The van der Waals surface area contributed by atoms with Gasteiger partial charge in [-0.2, -0.15) is 5.10 Å². The van der Waals surface area contributed by atoms with Crippen molar-refractivity contribution in [1.82, 2.24) is 15.1 Å². The number of alkyl halides is 1. The van der Waals surface area contributed by atoms with Gasteiger partial charge in [0.2, 0.25) is 0 Å². The summed E-state index contributed by atoms with van der Waals surface area (Å²) < 4.78 is 1.83. The first-order valence-electron chi connectivity index (χ1n) is 5.82. The zero-order valence-electron chi connectivity index (χ0n) is 11.0. The van der Waals surface area contributed by atoms with Crippen molar-refractivity contribution in [2.75, 3.05) is 12.4 Å². The highest BCUT2D eigenvalue weighted by molar-refractivity contribution is 6.31. The molecule has 0 fully saturated rings. The summed E-state index contributed by atoms with van der Waals surface area (Å²) in [6.07, 6.45) is 1.000. The smallest absolute Gasteiger partial charge is 0.0860 e. The maximum atomic E-state index is 6.18. The van der Waals surface area contributed by atoms with Gasteiger partial charge in [0.15, 0.2) is 0 Å². The van der Waals surface area contributed by atoms with Gasteiger partial charge in [-0.3, -0.25) is 4.68 Å². The highest BCUT2D eigenvalue weighted by Gasteiger charge is 2.17. The Balaban J connectivity index is 2.51. The van der Waals surface area contributed by atoms with E-state index in [-0.39, 0.29) is 5.41 Å². The summed E-state index contributed by atoms with van der Waals surface area (Å²) in [5.74, 6) is 0.695. The first-order chi connectivity index (χ1) is 7.87. The average Bonchev–Trinajstić information content (AvgIpc) is 2.44. The van der Waals surface area contributed by atoms with Crippen LogP contribution in [-0.4, -0.2) is 22.2 Å². The van der Waals surface area contributed by atoms with E-state index in [1.165, 1.54) is 0 Å². The fraction of sp³-hybridized carbons (Fsp3) is 0.750. The molecule has 0 radical (unpaired) electrons. The van der Waals surface area contributed by atoms with E-state index in [9.17, 15) is 0 Å². The molecule has 0 aliphatic rings. The highest BCUT2D eigenvalue weighted by Crippen LogP contribution is 2.21. The third kappa shape index (κ3) is 4.16. The van der Waals surface area contributed by atoms with Crippen molar-refractivity contribution in [2.45, 2.75) is 33.7 Å². The third-order valence-corrected chi connectivity index (χ3v) is 3.61. The second-order valence-electron chi connectivity index (χ2n) is 5.18. The molecule has 1 aromatic heterocycles. The molecule has 98 valence electrons. The molecule has 1 rings (SSSR count). The molecule has 1 heterocycles. The van der Waals surface area contributed by atoms with Crippen LogP contribution in [0.25, 0.3) is 0 Å². The second kappa shape index (κ2) is 6.07. The largest absolute Gasteiger partial charge is 0.311 e. The van der Waals surface area contributed by atoms with Crippen molar-refractivity contribution in [3.05, 3.63) is 16.4 Å². The lowest BCUT2D eigenvalue weighted by Gasteiger charge is -2.23. The van der Waals surface area contributed by atoms with E-state index in [0.717, 1.165) is 35.9 Å². The summed E-state index contributed by atoms with van der Waals surface area (Å²) in [5.41, 5.74) is 2.12. The van der Waals surface area contributed by atoms with Gasteiger partial charge in [0.05, 0.1) is 16.4 Å². The van der Waals surface area contributed by atoms with Gasteiger partial charge < -0.3 is 5.32 Å². The third-order valence-electron chi connectivity index (χ3n) is 2.93. The average molecular weight is 278 g/mol. The Labute approximate surface area is 113 Å². The van der Waals surface area contributed by atoms with E-state index in [4.69, 9.17) is 23.2 Å². The molecule has 1 N–H and O–H groups in total. The molecule has 0 aromatic carbocycles. The van der Waals surface area contributed by atoms with Gasteiger partial charge in [0.25, 0.3) is 0 Å². The maximum absolute atomic E-state index is 6.18. The van der Waals surface area contributed by atoms with Crippen LogP contribution in [0.3, 0.4) is 0 Å². The van der Waals surface area contributed by atoms with E-state index in [2.05, 4.69) is 24.3 Å². The molecule has 0 aliphatic heterocycles. The summed E-state index contributed by atoms with van der Waals surface area (Å²) in [7, 11) is 1.92. The standard InChI is InChI=1S/C12H21Cl2N3/c1-9-11(14)10(17(4)16-9)7-15-8-12(2,3)5-6-13/h15H,5-8H2,1-4H3. The van der Waals surface area contributed by atoms with E-state index in [1.807, 2.05) is 18.7 Å². The lowest BCUT2D eigenvalue weighted by Crippen LogP contribution is -2.30. The Morgan fingerprint density at radius 1 is 1.41 bits per heavy atom. The molecule has 0 saturated heterocycles. The van der Waals surface area contributed by atoms with Crippen molar-refractivity contribution in [3.8, 4) is 0 Å². The lowest BCUT2D eigenvalue weighted by atomic mass is 9.90. The highest BCUT2D eigenvalue weighted by atomic mass is 35.5. The van der Waals surface area contributed by atoms with E-state index in [1.54, 1.807) is 0 Å². The van der Waals surface area contributed by atoms with Crippen LogP contribution in [0.5, 0.6) is 0 Å². The van der Waals surface area contributed by atoms with Gasteiger partial charge in [0, 0.05) is 26.0 Å². The van der Waals surface area contributed by atoms with E-state index in [0.29, 0.717) is 5.88 Å². The van der Waals surface area contributed by atoms with Gasteiger partial charge in [-0.15, -0.1) is 11.6 Å². The van der Waals surface area contributed by atoms with Gasteiger partial charge in [-0.1, -0.05) is 25.4 Å². The van der Waals surface area contributed by atoms with Crippen LogP contribution in [0.2, 0.25) is 5.02 Å². The Morgan fingerprint density at radius 3 is 2.53 bits per heavy atom. The number of nitrogens with zero attached hydrogens (tertiary/aromatic N) is 2. The van der Waals surface area contributed by atoms with Crippen LogP contribution >= 0.6 is 23.2 Å². The molecule has 0 unspecified atom stereocenters. The molecule has 17 heavy (non-hydrogen) atoms. The minimum Gasteiger partial charge on any atom is -0.311 e. The molecule has 0 spiro atoms. The first-order valence-corrected chi connectivity index (χ1v) is 6.73. The SMILES string of the molecule is Cc1nn(C)c(CNCC(C)(C)CCCl)c1Cl. The maximum Gasteiger partial charge on any atom is 0.0860 e. The van der Waals surface area contributed by atoms with Gasteiger partial charge in [-0.25, -0.2) is 0 Å². The van der Waals surface area contributed by atoms with Crippen molar-refractivity contribution in [2.24, 2.45) is 12.5 Å². The number of rotatable bonds is 6. The molecular weight excluding hydrogens is 257 g/mol. The lowest BCUT2D eigenvalue weighted by molar-refractivity contribution is 0.328. The van der Waals surface area contributed by atoms with Crippen molar-refractivity contribution in [3.63, 3.8) is 0 Å². The molecule has 1 aromatic rings. The fourth-order valence-electron chi connectivity index (χ4n) is 1.74. The quantitative estimate of drug-likeness (QED) is 0.810. The minimum absolute atomic E-state index is 0.210. The first kappa shape index (κ1) is 14.8. The topological polar surface area (TPSA) is 29.9 Å². The van der Waals surface area contributed by atoms with Crippen LogP contribution in [0.1, 0.15) is 31.7 Å². The Morgan fingerprint density at radius 2 is 2.06 bits per heavy atom. The molecule has 0 aliphatic carbocycles. The van der Waals surface area contributed by atoms with Crippen molar-refractivity contribution >= 4 is 23.2 Å². The Kier molecular flexibility index (Phi) is 5.29. The summed E-state index contributed by atoms with van der Waals surface area (Å²) in [4.78, 5) is 0. The van der Waals surface area contributed by atoms with E-state index < -0.39 is 0 Å². The monoisotopic (exact) mass is 277 g/mol. The van der Waals surface area contributed by atoms with Crippen LogP contribution in [0, 0.1) is 12.3 Å². The summed E-state index contributed by atoms with van der Waals surface area (Å²) >= 11 is 12.0. The number of aromatic nitrogens is 2. The van der Waals surface area contributed by atoms with Gasteiger partial charge >= 0.3 is 0 Å². The predicted molar refractivity (Wildman–Crippen MR) is 73.8 cm³/mol. The van der Waals surface area contributed by atoms with Crippen LogP contribution in [-0.2, 0) is 13.6 Å². The molecule has 0 atom stereocenters. The minimum atomic E-state index is 0.210. The molecule has 0 amide bonds. The fourth-order valence-corrected chi connectivity index (χ4v) is 2.47. The second-order valence-corrected chi connectivity index (χ2v) is 5.93. The zero-order valence-corrected chi connectivity index (χ0v) is 12.5. The van der Waals surface area contributed by atoms with Crippen LogP contribution in [0.4, 0.5) is 0 Å². The summed E-state index contributed by atoms with van der Waals surface area (Å²) in [6.45, 7) is 7.99. The Bertz CT molecular complexity index is 372. The molecular formula is C12H21Cl2N3. The van der Waals surface area contributed by atoms with E-state index >= 15 is 0 Å². The number of hydrogen-bond acceptors (Lipinski definition) is 2. The zero-order chi connectivity index (χ0) is 13.1. The van der Waals surface area contributed by atoms with Gasteiger partial charge in [-0.05, 0) is 18.8 Å². The Hall–Kier alpha value is -0.250. The molecule has 0 bridgehead atoms. The molecule has 3 nitrogen and oxygen atoms in total. The number of aryl methyl sites for hydroxylation is 2. The van der Waals surface area contributed by atoms with Crippen molar-refractivity contribution < 1.29 is 0 Å². The van der Waals surface area contributed by atoms with Crippen LogP contribution < -0.4 is 5.32 Å². The summed E-state index contributed by atoms with van der Waals surface area (Å²) in [5, 5.41) is 8.46. The number of halogens is 2. The predicted octanol–water partition coefficient (Wildman–Crippen LogP) is 3.13. The normalized spacial score (nSPS) is 12.1. The number of hydrogen-bond donors (Lipinski definition) is 1.